The molecule has 8 heteroatoms. The molecule has 0 aliphatic heterocycles. The van der Waals surface area contributed by atoms with Crippen LogP contribution in [0.2, 0.25) is 5.02 Å². The van der Waals surface area contributed by atoms with Crippen molar-refractivity contribution in [2.24, 2.45) is 0 Å². The first-order valence-electron chi connectivity index (χ1n) is 11.5. The number of nitrogens with one attached hydrogen (secondary N) is 1. The van der Waals surface area contributed by atoms with Gasteiger partial charge in [-0.05, 0) is 55.0 Å². The van der Waals surface area contributed by atoms with Crippen molar-refractivity contribution in [2.75, 3.05) is 6.54 Å². The van der Waals surface area contributed by atoms with Crippen molar-refractivity contribution in [1.29, 1.82) is 0 Å². The summed E-state index contributed by atoms with van der Waals surface area (Å²) in [6, 6.07) is 16.4. The molecule has 0 unspecified atom stereocenters. The summed E-state index contributed by atoms with van der Waals surface area (Å²) in [5.41, 5.74) is 1.77. The predicted octanol–water partition coefficient (Wildman–Crippen LogP) is 7.89. The smallest absolute Gasteiger partial charge is 0.291 e. The number of aromatic nitrogens is 1. The van der Waals surface area contributed by atoms with Crippen LogP contribution in [-0.2, 0) is 5.92 Å². The quantitative estimate of drug-likeness (QED) is 0.266. The Morgan fingerprint density at radius 2 is 1.89 bits per heavy atom. The molecule has 0 spiro atoms. The molecule has 0 radical (unpaired) electrons. The van der Waals surface area contributed by atoms with Crippen LogP contribution in [-0.4, -0.2) is 17.4 Å². The van der Waals surface area contributed by atoms with E-state index < -0.39 is 18.4 Å². The highest BCUT2D eigenvalue weighted by Gasteiger charge is 2.35. The van der Waals surface area contributed by atoms with Crippen molar-refractivity contribution in [3.63, 3.8) is 0 Å². The number of hydrogen-bond donors (Lipinski definition) is 1. The van der Waals surface area contributed by atoms with E-state index in [1.807, 2.05) is 0 Å². The Hall–Kier alpha value is -3.03. The van der Waals surface area contributed by atoms with Gasteiger partial charge in [0.1, 0.15) is 5.82 Å². The molecule has 0 atom stereocenters. The number of aryl methyl sites for hydroxylation is 1. The van der Waals surface area contributed by atoms with Crippen molar-refractivity contribution < 1.29 is 18.0 Å². The van der Waals surface area contributed by atoms with Gasteiger partial charge in [-0.25, -0.2) is 4.39 Å². The average molecular weight is 527 g/mol. The van der Waals surface area contributed by atoms with Gasteiger partial charge in [0.05, 0.1) is 22.6 Å². The largest absolute Gasteiger partial charge is 0.346 e. The van der Waals surface area contributed by atoms with E-state index in [4.69, 9.17) is 11.6 Å². The summed E-state index contributed by atoms with van der Waals surface area (Å²) in [7, 11) is 0. The number of fused-ring (bicyclic) bond motifs is 1. The van der Waals surface area contributed by atoms with Crippen LogP contribution < -0.4 is 5.32 Å². The number of carbonyl (C=O) groups excluding carboxylic acids is 1. The van der Waals surface area contributed by atoms with Crippen molar-refractivity contribution >= 4 is 40.2 Å². The van der Waals surface area contributed by atoms with E-state index in [-0.39, 0.29) is 27.9 Å². The Morgan fingerprint density at radius 1 is 1.11 bits per heavy atom. The van der Waals surface area contributed by atoms with Gasteiger partial charge in [0.2, 0.25) is 0 Å². The zero-order chi connectivity index (χ0) is 25.4. The summed E-state index contributed by atoms with van der Waals surface area (Å²) in [4.78, 5) is 18.5. The molecule has 1 N–H and O–H groups in total. The van der Waals surface area contributed by atoms with Crippen LogP contribution in [0.25, 0.3) is 10.9 Å². The van der Waals surface area contributed by atoms with Gasteiger partial charge in [-0.15, -0.1) is 0 Å². The minimum Gasteiger partial charge on any atom is -0.346 e. The third kappa shape index (κ3) is 4.95. The number of hydrogen-bond acceptors (Lipinski definition) is 3. The molecule has 1 aliphatic carbocycles. The van der Waals surface area contributed by atoms with Crippen LogP contribution in [0.1, 0.15) is 45.8 Å². The molecule has 1 fully saturated rings. The predicted molar refractivity (Wildman–Crippen MR) is 137 cm³/mol. The standard InChI is InChI=1S/C28H22ClF3N2OS/c1-16-9-12-20(21(29)13-16)28(31,32)15-34-27(35)25-19-5-2-3-7-22(19)33-14-24(25)36-23-8-4-6-18(26(23)30)17-10-11-17/h2-9,12-14,17H,10-11,15H2,1H3,(H,34,35). The summed E-state index contributed by atoms with van der Waals surface area (Å²) in [6.45, 7) is 0.813. The van der Waals surface area contributed by atoms with Crippen LogP contribution >= 0.6 is 23.4 Å². The second-order valence-electron chi connectivity index (χ2n) is 8.92. The Bertz CT molecular complexity index is 1470. The molecule has 1 aromatic heterocycles. The minimum absolute atomic E-state index is 0.0640. The topological polar surface area (TPSA) is 42.0 Å². The zero-order valence-electron chi connectivity index (χ0n) is 19.3. The van der Waals surface area contributed by atoms with Gasteiger partial charge < -0.3 is 5.32 Å². The van der Waals surface area contributed by atoms with Gasteiger partial charge in [-0.2, -0.15) is 8.78 Å². The minimum atomic E-state index is -3.39. The number of pyridine rings is 1. The molecule has 1 heterocycles. The molecule has 3 nitrogen and oxygen atoms in total. The normalized spacial score (nSPS) is 13.7. The number of nitrogens with zero attached hydrogens (tertiary/aromatic N) is 1. The lowest BCUT2D eigenvalue weighted by atomic mass is 10.1. The van der Waals surface area contributed by atoms with Crippen molar-refractivity contribution in [3.8, 4) is 0 Å². The Labute approximate surface area is 216 Å². The third-order valence-corrected chi connectivity index (χ3v) is 7.56. The molecule has 184 valence electrons. The summed E-state index contributed by atoms with van der Waals surface area (Å²) in [6.07, 6.45) is 3.39. The van der Waals surface area contributed by atoms with E-state index in [9.17, 15) is 13.6 Å². The number of halogens is 4. The highest BCUT2D eigenvalue weighted by atomic mass is 35.5. The van der Waals surface area contributed by atoms with E-state index in [2.05, 4.69) is 10.3 Å². The van der Waals surface area contributed by atoms with E-state index in [0.717, 1.165) is 30.2 Å². The van der Waals surface area contributed by atoms with E-state index >= 15 is 4.39 Å². The first kappa shape index (κ1) is 24.7. The maximum atomic E-state index is 15.2. The number of para-hydroxylation sites is 1. The molecule has 0 bridgehead atoms. The van der Waals surface area contributed by atoms with Crippen LogP contribution in [0.15, 0.2) is 76.7 Å². The Kier molecular flexibility index (Phi) is 6.70. The third-order valence-electron chi connectivity index (χ3n) is 6.19. The summed E-state index contributed by atoms with van der Waals surface area (Å²) in [5.74, 6) is -4.18. The summed E-state index contributed by atoms with van der Waals surface area (Å²) >= 11 is 7.12. The SMILES string of the molecule is Cc1ccc(C(F)(F)CNC(=O)c2c(Sc3cccc(C4CC4)c3F)cnc3ccccc23)c(Cl)c1. The van der Waals surface area contributed by atoms with Crippen molar-refractivity contribution in [3.05, 3.63) is 100.0 Å². The fourth-order valence-electron chi connectivity index (χ4n) is 4.16. The first-order valence-corrected chi connectivity index (χ1v) is 12.7. The summed E-state index contributed by atoms with van der Waals surface area (Å²) in [5, 5.41) is 2.80. The van der Waals surface area contributed by atoms with Crippen LogP contribution in [0.4, 0.5) is 13.2 Å². The second-order valence-corrected chi connectivity index (χ2v) is 10.4. The van der Waals surface area contributed by atoms with Gasteiger partial charge in [0.25, 0.3) is 11.8 Å². The van der Waals surface area contributed by atoms with Gasteiger partial charge in [0, 0.05) is 26.9 Å². The van der Waals surface area contributed by atoms with E-state index in [1.165, 1.54) is 18.3 Å². The Balaban J connectivity index is 1.47. The molecule has 0 saturated heterocycles. The van der Waals surface area contributed by atoms with Crippen LogP contribution in [0, 0.1) is 12.7 Å². The number of alkyl halides is 2. The first-order chi connectivity index (χ1) is 17.2. The molecular weight excluding hydrogens is 505 g/mol. The maximum Gasteiger partial charge on any atom is 0.291 e. The van der Waals surface area contributed by atoms with Crippen molar-refractivity contribution in [2.45, 2.75) is 41.4 Å². The number of amides is 1. The van der Waals surface area contributed by atoms with Gasteiger partial charge in [0.15, 0.2) is 0 Å². The molecule has 1 saturated carbocycles. The fraction of sp³-hybridized carbons (Fsp3) is 0.214. The maximum absolute atomic E-state index is 15.2. The van der Waals surface area contributed by atoms with Crippen LogP contribution in [0.5, 0.6) is 0 Å². The fourth-order valence-corrected chi connectivity index (χ4v) is 5.54. The monoisotopic (exact) mass is 526 g/mol. The Morgan fingerprint density at radius 3 is 2.64 bits per heavy atom. The number of carbonyl (C=O) groups is 1. The van der Waals surface area contributed by atoms with Gasteiger partial charge in [-0.1, -0.05) is 65.8 Å². The highest BCUT2D eigenvalue weighted by molar-refractivity contribution is 7.99. The molecular formula is C28H22ClF3N2OS. The van der Waals surface area contributed by atoms with Gasteiger partial charge in [-0.3, -0.25) is 9.78 Å². The van der Waals surface area contributed by atoms with Crippen molar-refractivity contribution in [1.82, 2.24) is 10.3 Å². The molecule has 36 heavy (non-hydrogen) atoms. The van der Waals surface area contributed by atoms with Gasteiger partial charge >= 0.3 is 0 Å². The van der Waals surface area contributed by atoms with Crippen LogP contribution in [0.3, 0.4) is 0 Å². The summed E-state index contributed by atoms with van der Waals surface area (Å²) < 4.78 is 45.2. The molecule has 3 aromatic carbocycles. The highest BCUT2D eigenvalue weighted by Crippen LogP contribution is 2.44. The molecule has 1 amide bonds. The second kappa shape index (κ2) is 9.79. The van der Waals surface area contributed by atoms with E-state index in [1.54, 1.807) is 55.5 Å². The lowest BCUT2D eigenvalue weighted by molar-refractivity contribution is -0.00238. The zero-order valence-corrected chi connectivity index (χ0v) is 20.9. The number of rotatable bonds is 7. The molecule has 1 aliphatic rings. The number of benzene rings is 3. The average Bonchev–Trinajstić information content (AvgIpc) is 3.69. The van der Waals surface area contributed by atoms with E-state index in [0.29, 0.717) is 26.3 Å². The lowest BCUT2D eigenvalue weighted by Gasteiger charge is -2.20. The molecule has 5 rings (SSSR count). The molecule has 4 aromatic rings. The lowest BCUT2D eigenvalue weighted by Crippen LogP contribution is -2.35.